The highest BCUT2D eigenvalue weighted by Crippen LogP contribution is 2.46. The Kier molecular flexibility index (Phi) is 9.81. The number of fused-ring (bicyclic) bond motifs is 1. The van der Waals surface area contributed by atoms with Gasteiger partial charge in [0, 0.05) is 11.8 Å². The third kappa shape index (κ3) is 7.72. The van der Waals surface area contributed by atoms with E-state index in [9.17, 15) is 22.3 Å². The highest BCUT2D eigenvalue weighted by Gasteiger charge is 2.19. The number of phenolic OH excluding ortho intramolecular Hbond substituents is 1. The lowest BCUT2D eigenvalue weighted by Crippen LogP contribution is -1.98. The Balaban J connectivity index is 1.27. The smallest absolute Gasteiger partial charge is 0.294 e. The molecule has 6 aromatic rings. The number of nitrogens with two attached hydrogens (primary N) is 1. The van der Waals surface area contributed by atoms with Gasteiger partial charge in [-0.05, 0) is 96.6 Å². The van der Waals surface area contributed by atoms with Gasteiger partial charge in [0.05, 0.1) is 32.9 Å². The van der Waals surface area contributed by atoms with Gasteiger partial charge in [0.25, 0.3) is 16.0 Å². The molecule has 1 unspecified atom stereocenters. The summed E-state index contributed by atoms with van der Waals surface area (Å²) < 4.78 is 54.2. The van der Waals surface area contributed by atoms with E-state index >= 15 is 0 Å². The number of nitrogen functional groups attached to an aromatic ring is 1. The van der Waals surface area contributed by atoms with Gasteiger partial charge in [0.1, 0.15) is 17.1 Å². The molecule has 1 atom stereocenters. The average molecular weight is 724 g/mol. The number of aromatic hydroxyl groups is 1. The van der Waals surface area contributed by atoms with Crippen LogP contribution >= 0.6 is 0 Å². The molecule has 0 bridgehead atoms. The number of hydrogen-bond donors (Lipinski definition) is 3. The molecule has 258 valence electrons. The van der Waals surface area contributed by atoms with E-state index in [1.54, 1.807) is 67.6 Å². The van der Waals surface area contributed by atoms with E-state index in [4.69, 9.17) is 14.4 Å². The first kappa shape index (κ1) is 34.8. The Morgan fingerprint density at radius 2 is 1.61 bits per heavy atom. The molecule has 0 aliphatic rings. The summed E-state index contributed by atoms with van der Waals surface area (Å²) >= 11 is -1.65. The lowest BCUT2D eigenvalue weighted by atomic mass is 9.99. The SMILES string of the molecule is C=CS(=O)Oc1ccc(N=Nc2c(C)cc3cc(C)c(N=Nc4ccccc4-c4nc(Cc5ccc(S(=O)(=O)O)cc5)no4)c(O)c3c2N)cc1. The fraction of sp³-hybridized carbons (Fsp3) is 0.0857. The predicted molar refractivity (Wildman–Crippen MR) is 192 cm³/mol. The first-order valence-electron chi connectivity index (χ1n) is 15.1. The van der Waals surface area contributed by atoms with Gasteiger partial charge in [0.2, 0.25) is 11.1 Å². The molecular formula is C35H29N7O7S2. The van der Waals surface area contributed by atoms with Crippen molar-refractivity contribution in [1.82, 2.24) is 10.1 Å². The van der Waals surface area contributed by atoms with Crippen molar-refractivity contribution in [2.45, 2.75) is 25.2 Å². The fourth-order valence-electron chi connectivity index (χ4n) is 5.15. The standard InChI is InChI=1S/C35H29N7O7S2/c1-4-50(44)49-25-13-11-24(12-14-25)38-40-32-20(2)17-23-18-21(3)33(34(43)30(23)31(32)36)41-39-28-8-6-5-7-27(28)35-37-29(42-48-35)19-22-9-15-26(16-10-22)51(45,46)47/h4-18,43H,1,19,36H2,2-3H3,(H,45,46,47). The van der Waals surface area contributed by atoms with Gasteiger partial charge in [-0.15, -0.1) is 15.3 Å². The molecule has 0 amide bonds. The zero-order chi connectivity index (χ0) is 36.3. The fourth-order valence-corrected chi connectivity index (χ4v) is 6.00. The molecular weight excluding hydrogens is 695 g/mol. The summed E-state index contributed by atoms with van der Waals surface area (Å²) in [5.41, 5.74) is 10.8. The van der Waals surface area contributed by atoms with Crippen molar-refractivity contribution < 1.29 is 31.0 Å². The number of benzene rings is 5. The van der Waals surface area contributed by atoms with Crippen LogP contribution in [-0.4, -0.2) is 32.4 Å². The Morgan fingerprint density at radius 3 is 2.29 bits per heavy atom. The minimum atomic E-state index is -4.30. The zero-order valence-corrected chi connectivity index (χ0v) is 28.7. The molecule has 0 spiro atoms. The molecule has 51 heavy (non-hydrogen) atoms. The lowest BCUT2D eigenvalue weighted by Gasteiger charge is -2.13. The Morgan fingerprint density at radius 1 is 0.941 bits per heavy atom. The van der Waals surface area contributed by atoms with E-state index in [1.807, 2.05) is 19.1 Å². The Hall–Kier alpha value is -6.10. The molecule has 6 rings (SSSR count). The summed E-state index contributed by atoms with van der Waals surface area (Å²) in [5, 5.41) is 35.2. The second kappa shape index (κ2) is 14.4. The molecule has 0 aliphatic carbocycles. The minimum Gasteiger partial charge on any atom is -0.505 e. The molecule has 14 nitrogen and oxygen atoms in total. The molecule has 1 heterocycles. The van der Waals surface area contributed by atoms with Gasteiger partial charge in [-0.1, -0.05) is 36.0 Å². The van der Waals surface area contributed by atoms with Crippen molar-refractivity contribution in [1.29, 1.82) is 0 Å². The van der Waals surface area contributed by atoms with Crippen molar-refractivity contribution in [2.75, 3.05) is 5.73 Å². The summed E-state index contributed by atoms with van der Waals surface area (Å²) in [4.78, 5) is 4.26. The first-order chi connectivity index (χ1) is 24.4. The van der Waals surface area contributed by atoms with E-state index in [0.717, 1.165) is 5.56 Å². The summed E-state index contributed by atoms with van der Waals surface area (Å²) in [5.74, 6) is 0.712. The number of azo groups is 2. The molecule has 1 aromatic heterocycles. The first-order valence-corrected chi connectivity index (χ1v) is 17.7. The normalized spacial score (nSPS) is 12.5. The van der Waals surface area contributed by atoms with Gasteiger partial charge in [-0.25, -0.2) is 4.21 Å². The van der Waals surface area contributed by atoms with Crippen LogP contribution in [0.3, 0.4) is 0 Å². The summed E-state index contributed by atoms with van der Waals surface area (Å²) in [6, 6.07) is 22.8. The topological polar surface area (TPSA) is 215 Å². The third-order valence-corrected chi connectivity index (χ3v) is 9.12. The number of hydrogen-bond acceptors (Lipinski definition) is 13. The van der Waals surface area contributed by atoms with Gasteiger partial charge in [-0.3, -0.25) is 4.55 Å². The third-order valence-electron chi connectivity index (χ3n) is 7.63. The van der Waals surface area contributed by atoms with Crippen LogP contribution in [0.5, 0.6) is 11.5 Å². The lowest BCUT2D eigenvalue weighted by molar-refractivity contribution is 0.424. The van der Waals surface area contributed by atoms with E-state index in [1.165, 1.54) is 17.5 Å². The molecule has 0 saturated carbocycles. The van der Waals surface area contributed by atoms with Crippen LogP contribution in [0.4, 0.5) is 28.4 Å². The number of phenols is 1. The van der Waals surface area contributed by atoms with Crippen LogP contribution in [0.2, 0.25) is 0 Å². The minimum absolute atomic E-state index is 0.178. The largest absolute Gasteiger partial charge is 0.505 e. The molecule has 5 aromatic carbocycles. The Labute approximate surface area is 294 Å². The van der Waals surface area contributed by atoms with Crippen LogP contribution in [0.1, 0.15) is 22.5 Å². The van der Waals surface area contributed by atoms with Crippen LogP contribution in [0.25, 0.3) is 22.2 Å². The van der Waals surface area contributed by atoms with Gasteiger partial charge < -0.3 is 19.5 Å². The van der Waals surface area contributed by atoms with Gasteiger partial charge >= 0.3 is 0 Å². The molecule has 0 fully saturated rings. The van der Waals surface area contributed by atoms with Crippen molar-refractivity contribution in [3.05, 3.63) is 119 Å². The maximum absolute atomic E-state index is 11.6. The highest BCUT2D eigenvalue weighted by atomic mass is 32.2. The van der Waals surface area contributed by atoms with E-state index in [-0.39, 0.29) is 34.3 Å². The van der Waals surface area contributed by atoms with Crippen molar-refractivity contribution in [3.63, 3.8) is 0 Å². The summed E-state index contributed by atoms with van der Waals surface area (Å²) in [6.07, 6.45) is 0.242. The van der Waals surface area contributed by atoms with Gasteiger partial charge in [-0.2, -0.15) is 18.5 Å². The quantitative estimate of drug-likeness (QED) is 0.0656. The molecule has 0 saturated heterocycles. The monoisotopic (exact) mass is 723 g/mol. The van der Waals surface area contributed by atoms with Crippen LogP contribution in [-0.2, 0) is 27.6 Å². The number of aryl methyl sites for hydroxylation is 2. The second-order valence-corrected chi connectivity index (χ2v) is 13.6. The summed E-state index contributed by atoms with van der Waals surface area (Å²) in [6.45, 7) is 7.06. The number of nitrogens with zero attached hydrogens (tertiary/aromatic N) is 6. The molecule has 4 N–H and O–H groups in total. The highest BCUT2D eigenvalue weighted by molar-refractivity contribution is 7.85. The van der Waals surface area contributed by atoms with E-state index in [0.29, 0.717) is 56.1 Å². The average Bonchev–Trinajstić information content (AvgIpc) is 3.56. The predicted octanol–water partition coefficient (Wildman–Crippen LogP) is 8.65. The van der Waals surface area contributed by atoms with Crippen molar-refractivity contribution >= 4 is 60.4 Å². The molecule has 16 heteroatoms. The number of rotatable bonds is 11. The summed E-state index contributed by atoms with van der Waals surface area (Å²) in [7, 11) is -4.30. The van der Waals surface area contributed by atoms with E-state index < -0.39 is 21.2 Å². The maximum atomic E-state index is 11.6. The number of anilines is 1. The van der Waals surface area contributed by atoms with Gasteiger partial charge in [0.15, 0.2) is 11.6 Å². The second-order valence-electron chi connectivity index (χ2n) is 11.2. The van der Waals surface area contributed by atoms with Crippen LogP contribution in [0.15, 0.2) is 127 Å². The number of aromatic nitrogens is 2. The molecule has 0 radical (unpaired) electrons. The Bertz CT molecular complexity index is 2480. The van der Waals surface area contributed by atoms with Crippen molar-refractivity contribution in [2.24, 2.45) is 20.5 Å². The van der Waals surface area contributed by atoms with Crippen LogP contribution < -0.4 is 9.92 Å². The zero-order valence-electron chi connectivity index (χ0n) is 27.1. The van der Waals surface area contributed by atoms with Crippen molar-refractivity contribution in [3.8, 4) is 23.0 Å². The van der Waals surface area contributed by atoms with E-state index in [2.05, 4.69) is 37.2 Å². The van der Waals surface area contributed by atoms with Crippen LogP contribution in [0, 0.1) is 13.8 Å². The molecule has 0 aliphatic heterocycles. The maximum Gasteiger partial charge on any atom is 0.294 e.